The fourth-order valence-corrected chi connectivity index (χ4v) is 8.47. The van der Waals surface area contributed by atoms with Crippen LogP contribution >= 0.6 is 11.6 Å². The molecular formula is C28H27ClF2N2O6S. The first-order valence-electron chi connectivity index (χ1n) is 12.7. The van der Waals surface area contributed by atoms with Crippen LogP contribution in [0.3, 0.4) is 0 Å². The van der Waals surface area contributed by atoms with Gasteiger partial charge in [-0.25, -0.2) is 17.2 Å². The molecule has 0 aliphatic heterocycles. The molecule has 0 saturated heterocycles. The normalized spacial score (nSPS) is 25.8. The van der Waals surface area contributed by atoms with E-state index in [0.717, 1.165) is 18.2 Å². The van der Waals surface area contributed by atoms with Crippen LogP contribution in [0.25, 0.3) is 0 Å². The number of pyridine rings is 1. The van der Waals surface area contributed by atoms with Crippen LogP contribution in [0.4, 0.5) is 14.5 Å². The molecule has 4 unspecified atom stereocenters. The number of nitrogens with zero attached hydrogens (tertiary/aromatic N) is 1. The molecular weight excluding hydrogens is 566 g/mol. The molecule has 1 aromatic heterocycles. The third-order valence-electron chi connectivity index (χ3n) is 8.15. The van der Waals surface area contributed by atoms with Gasteiger partial charge in [0.2, 0.25) is 0 Å². The summed E-state index contributed by atoms with van der Waals surface area (Å²) < 4.78 is 54.3. The van der Waals surface area contributed by atoms with Crippen LogP contribution in [-0.4, -0.2) is 51.6 Å². The molecule has 0 radical (unpaired) electrons. The van der Waals surface area contributed by atoms with Crippen molar-refractivity contribution in [1.29, 1.82) is 0 Å². The van der Waals surface area contributed by atoms with Crippen molar-refractivity contribution in [1.82, 2.24) is 4.98 Å². The minimum atomic E-state index is -4.10. The number of sulfone groups is 1. The summed E-state index contributed by atoms with van der Waals surface area (Å²) in [5.74, 6) is -4.20. The maximum absolute atomic E-state index is 13.8. The van der Waals surface area contributed by atoms with Crippen molar-refractivity contribution in [3.05, 3.63) is 88.7 Å². The van der Waals surface area contributed by atoms with Gasteiger partial charge in [0, 0.05) is 23.5 Å². The maximum Gasteiger partial charge on any atom is 0.255 e. The van der Waals surface area contributed by atoms with E-state index in [0.29, 0.717) is 12.8 Å². The highest BCUT2D eigenvalue weighted by Gasteiger charge is 2.60. The molecule has 212 valence electrons. The smallest absolute Gasteiger partial charge is 0.255 e. The van der Waals surface area contributed by atoms with Crippen molar-refractivity contribution < 1.29 is 37.3 Å². The van der Waals surface area contributed by atoms with Gasteiger partial charge in [0.05, 0.1) is 26.5 Å². The zero-order chi connectivity index (χ0) is 28.8. The van der Waals surface area contributed by atoms with E-state index in [-0.39, 0.29) is 39.7 Å². The van der Waals surface area contributed by atoms with Gasteiger partial charge in [-0.05, 0) is 80.0 Å². The van der Waals surface area contributed by atoms with Crippen molar-refractivity contribution in [3.8, 4) is 0 Å². The van der Waals surface area contributed by atoms with Gasteiger partial charge in [0.25, 0.3) is 5.91 Å². The van der Waals surface area contributed by atoms with Gasteiger partial charge in [-0.1, -0.05) is 17.7 Å². The standard InChI is InChI=1S/C28H27ClF2N2O6S/c29-20-8-4-15(27(36)33-18-7-9-21(30)22(31)14-18)11-24(20)40(38,39)19-12-16-5-6-17(13-19)28(16,37)26(35)25(34)23-3-1-2-10-32-23/h1-4,7-11,14,16-17,19,25-26,34-35,37H,5-6,12-13H2,(H,33,36)/t16-,17?,19?,25?,26?,28-/m0/s1. The number of anilines is 1. The quantitative estimate of drug-likeness (QED) is 0.325. The number of hydrogen-bond donors (Lipinski definition) is 4. The Kier molecular flexibility index (Phi) is 7.71. The highest BCUT2D eigenvalue weighted by atomic mass is 35.5. The molecule has 2 fully saturated rings. The molecule has 1 heterocycles. The van der Waals surface area contributed by atoms with E-state index in [1.54, 1.807) is 12.1 Å². The third kappa shape index (κ3) is 5.01. The molecule has 6 atom stereocenters. The van der Waals surface area contributed by atoms with E-state index in [1.807, 2.05) is 0 Å². The van der Waals surface area contributed by atoms with Crippen LogP contribution in [0, 0.1) is 23.5 Å². The summed E-state index contributed by atoms with van der Waals surface area (Å²) in [5.41, 5.74) is -1.59. The topological polar surface area (TPSA) is 137 Å². The van der Waals surface area contributed by atoms with Gasteiger partial charge in [0.15, 0.2) is 21.5 Å². The molecule has 12 heteroatoms. The molecule has 0 spiro atoms. The Morgan fingerprint density at radius 3 is 2.35 bits per heavy atom. The zero-order valence-electron chi connectivity index (χ0n) is 21.0. The van der Waals surface area contributed by atoms with Gasteiger partial charge in [-0.3, -0.25) is 9.78 Å². The highest BCUT2D eigenvalue weighted by Crippen LogP contribution is 2.55. The number of nitrogens with one attached hydrogen (secondary N) is 1. The number of aliphatic hydroxyl groups is 3. The first-order chi connectivity index (χ1) is 18.9. The Morgan fingerprint density at radius 2 is 1.73 bits per heavy atom. The second kappa shape index (κ2) is 10.8. The van der Waals surface area contributed by atoms with Crippen molar-refractivity contribution >= 4 is 33.0 Å². The number of aromatic nitrogens is 1. The van der Waals surface area contributed by atoms with E-state index in [2.05, 4.69) is 10.3 Å². The summed E-state index contributed by atoms with van der Waals surface area (Å²) in [7, 11) is -4.10. The van der Waals surface area contributed by atoms with Gasteiger partial charge < -0.3 is 20.6 Å². The van der Waals surface area contributed by atoms with Crippen molar-refractivity contribution in [2.45, 2.75) is 53.6 Å². The van der Waals surface area contributed by atoms with Crippen LogP contribution in [-0.2, 0) is 9.84 Å². The van der Waals surface area contributed by atoms with Gasteiger partial charge in [-0.2, -0.15) is 0 Å². The monoisotopic (exact) mass is 592 g/mol. The van der Waals surface area contributed by atoms with E-state index in [4.69, 9.17) is 11.6 Å². The van der Waals surface area contributed by atoms with Gasteiger partial charge >= 0.3 is 0 Å². The van der Waals surface area contributed by atoms with Crippen molar-refractivity contribution in [2.24, 2.45) is 11.8 Å². The van der Waals surface area contributed by atoms with Crippen LogP contribution in [0.2, 0.25) is 5.02 Å². The molecule has 4 N–H and O–H groups in total. The number of benzene rings is 2. The van der Waals surface area contributed by atoms with Crippen LogP contribution in [0.5, 0.6) is 0 Å². The number of amides is 1. The third-order valence-corrected chi connectivity index (χ3v) is 10.8. The predicted octanol–water partition coefficient (Wildman–Crippen LogP) is 4.05. The van der Waals surface area contributed by atoms with E-state index in [9.17, 15) is 37.3 Å². The lowest BCUT2D eigenvalue weighted by Crippen LogP contribution is -2.57. The second-order valence-corrected chi connectivity index (χ2v) is 13.0. The summed E-state index contributed by atoms with van der Waals surface area (Å²) in [6.45, 7) is 0. The molecule has 2 aromatic carbocycles. The number of hydrogen-bond acceptors (Lipinski definition) is 7. The second-order valence-electron chi connectivity index (χ2n) is 10.4. The molecule has 5 rings (SSSR count). The van der Waals surface area contributed by atoms with E-state index in [1.165, 1.54) is 30.5 Å². The Bertz CT molecular complexity index is 1530. The molecule has 2 aliphatic rings. The fraction of sp³-hybridized carbons (Fsp3) is 0.357. The molecule has 2 saturated carbocycles. The number of carbonyl (C=O) groups is 1. The lowest BCUT2D eigenvalue weighted by molar-refractivity contribution is -0.178. The Labute approximate surface area is 234 Å². The maximum atomic E-state index is 13.8. The van der Waals surface area contributed by atoms with E-state index < -0.39 is 62.3 Å². The van der Waals surface area contributed by atoms with Crippen LogP contribution in [0.15, 0.2) is 65.7 Å². The largest absolute Gasteiger partial charge is 0.387 e. The molecule has 3 aromatic rings. The van der Waals surface area contributed by atoms with Gasteiger partial charge in [0.1, 0.15) is 12.2 Å². The minimum Gasteiger partial charge on any atom is -0.387 e. The van der Waals surface area contributed by atoms with E-state index >= 15 is 0 Å². The number of aliphatic hydroxyl groups excluding tert-OH is 2. The summed E-state index contributed by atoms with van der Waals surface area (Å²) in [6, 6.07) is 11.4. The predicted molar refractivity (Wildman–Crippen MR) is 142 cm³/mol. The van der Waals surface area contributed by atoms with Crippen LogP contribution in [0.1, 0.15) is 47.8 Å². The lowest BCUT2D eigenvalue weighted by atomic mass is 9.69. The summed E-state index contributed by atoms with van der Waals surface area (Å²) in [4.78, 5) is 16.6. The average molecular weight is 593 g/mol. The Balaban J connectivity index is 1.37. The van der Waals surface area contributed by atoms with Crippen molar-refractivity contribution in [2.75, 3.05) is 5.32 Å². The van der Waals surface area contributed by atoms with Crippen LogP contribution < -0.4 is 5.32 Å². The SMILES string of the molecule is O=C(Nc1ccc(F)c(F)c1)c1ccc(Cl)c(S(=O)(=O)C2CC3CC[C@@H](C2)[C@@]3(O)C(O)C(O)c2ccccn2)c1. The summed E-state index contributed by atoms with van der Waals surface area (Å²) >= 11 is 6.28. The molecule has 2 aliphatic carbocycles. The number of rotatable bonds is 7. The number of fused-ring (bicyclic) bond motifs is 2. The zero-order valence-corrected chi connectivity index (χ0v) is 22.6. The molecule has 2 bridgehead atoms. The minimum absolute atomic E-state index is 0.0159. The molecule has 1 amide bonds. The Hall–Kier alpha value is -2.96. The average Bonchev–Trinajstić information content (AvgIpc) is 3.10. The Morgan fingerprint density at radius 1 is 1.02 bits per heavy atom. The first-order valence-corrected chi connectivity index (χ1v) is 14.6. The molecule has 40 heavy (non-hydrogen) atoms. The fourth-order valence-electron chi connectivity index (χ4n) is 6.06. The summed E-state index contributed by atoms with van der Waals surface area (Å²) in [6.07, 6.45) is -0.611. The molecule has 8 nitrogen and oxygen atoms in total. The van der Waals surface area contributed by atoms with Gasteiger partial charge in [-0.15, -0.1) is 0 Å². The number of carbonyl (C=O) groups excluding carboxylic acids is 1. The summed E-state index contributed by atoms with van der Waals surface area (Å²) in [5, 5.41) is 34.7. The highest BCUT2D eigenvalue weighted by molar-refractivity contribution is 7.92. The lowest BCUT2D eigenvalue weighted by Gasteiger charge is -2.46. The van der Waals surface area contributed by atoms with Crippen molar-refractivity contribution in [3.63, 3.8) is 0 Å². The number of halogens is 3. The first kappa shape index (κ1) is 28.6.